The van der Waals surface area contributed by atoms with E-state index in [1.165, 1.54) is 5.56 Å². The maximum Gasteiger partial charge on any atom is 0.236 e. The predicted molar refractivity (Wildman–Crippen MR) is 86.0 cm³/mol. The van der Waals surface area contributed by atoms with E-state index in [4.69, 9.17) is 15.2 Å². The summed E-state index contributed by atoms with van der Waals surface area (Å²) in [7, 11) is 0. The summed E-state index contributed by atoms with van der Waals surface area (Å²) in [6.07, 6.45) is 1.78. The van der Waals surface area contributed by atoms with Crippen LogP contribution in [0.2, 0.25) is 0 Å². The molecule has 5 heteroatoms. The molecule has 1 saturated heterocycles. The molecule has 1 atom stereocenters. The van der Waals surface area contributed by atoms with Gasteiger partial charge in [-0.05, 0) is 44.4 Å². The van der Waals surface area contributed by atoms with E-state index < -0.39 is 6.04 Å². The molecule has 0 aliphatic carbocycles. The number of carbonyl (C=O) groups excluding carboxylic acids is 1. The van der Waals surface area contributed by atoms with Crippen LogP contribution in [0.4, 0.5) is 0 Å². The number of rotatable bonds is 6. The van der Waals surface area contributed by atoms with Crippen LogP contribution >= 0.6 is 0 Å². The lowest BCUT2D eigenvalue weighted by Crippen LogP contribution is -2.48. The average Bonchev–Trinajstić information content (AvgIpc) is 2.54. The molecular weight excluding hydrogens is 280 g/mol. The molecule has 1 fully saturated rings. The summed E-state index contributed by atoms with van der Waals surface area (Å²) in [5, 5.41) is 2.98. The molecule has 3 N–H and O–H groups in total. The molecule has 1 aromatic rings. The van der Waals surface area contributed by atoms with Crippen LogP contribution in [-0.4, -0.2) is 38.3 Å². The van der Waals surface area contributed by atoms with Gasteiger partial charge in [-0.25, -0.2) is 0 Å². The standard InChI is InChI=1S/C17H26N2O3/c1-3-22-15-6-4-14(5-7-15)17(8-10-21-11-9-17)12-19-16(20)13(2)18/h4-7,13H,3,8-12,18H2,1-2H3,(H,19,20)/t13-/m1/s1. The van der Waals surface area contributed by atoms with Crippen molar-refractivity contribution in [3.63, 3.8) is 0 Å². The van der Waals surface area contributed by atoms with E-state index in [-0.39, 0.29) is 11.3 Å². The zero-order valence-electron chi connectivity index (χ0n) is 13.4. The third-order valence-corrected chi connectivity index (χ3v) is 4.24. The Bertz CT molecular complexity index is 479. The molecule has 1 aliphatic heterocycles. The summed E-state index contributed by atoms with van der Waals surface area (Å²) < 4.78 is 11.0. The summed E-state index contributed by atoms with van der Waals surface area (Å²) in [6, 6.07) is 7.67. The van der Waals surface area contributed by atoms with E-state index in [1.807, 2.05) is 19.1 Å². The van der Waals surface area contributed by atoms with Crippen LogP contribution in [-0.2, 0) is 14.9 Å². The van der Waals surface area contributed by atoms with Crippen LogP contribution in [0.25, 0.3) is 0 Å². The van der Waals surface area contributed by atoms with Crippen molar-refractivity contribution in [1.82, 2.24) is 5.32 Å². The van der Waals surface area contributed by atoms with Crippen molar-refractivity contribution in [2.45, 2.75) is 38.1 Å². The Kier molecular flexibility index (Phi) is 5.80. The van der Waals surface area contributed by atoms with Crippen LogP contribution in [0.15, 0.2) is 24.3 Å². The van der Waals surface area contributed by atoms with E-state index in [9.17, 15) is 4.79 Å². The summed E-state index contributed by atoms with van der Waals surface area (Å²) >= 11 is 0. The monoisotopic (exact) mass is 306 g/mol. The van der Waals surface area contributed by atoms with Crippen LogP contribution in [0.3, 0.4) is 0 Å². The highest BCUT2D eigenvalue weighted by Gasteiger charge is 2.35. The largest absolute Gasteiger partial charge is 0.494 e. The Morgan fingerprint density at radius 3 is 2.55 bits per heavy atom. The van der Waals surface area contributed by atoms with Gasteiger partial charge in [0, 0.05) is 25.2 Å². The lowest BCUT2D eigenvalue weighted by atomic mass is 9.74. The molecule has 2 rings (SSSR count). The molecule has 0 bridgehead atoms. The number of nitrogens with two attached hydrogens (primary N) is 1. The minimum atomic E-state index is -0.489. The first kappa shape index (κ1) is 16.8. The Morgan fingerprint density at radius 1 is 1.36 bits per heavy atom. The third kappa shape index (κ3) is 3.99. The van der Waals surface area contributed by atoms with E-state index in [2.05, 4.69) is 17.4 Å². The molecule has 0 radical (unpaired) electrons. The number of hydrogen-bond donors (Lipinski definition) is 2. The van der Waals surface area contributed by atoms with Crippen molar-refractivity contribution >= 4 is 5.91 Å². The van der Waals surface area contributed by atoms with Crippen molar-refractivity contribution in [3.8, 4) is 5.75 Å². The summed E-state index contributed by atoms with van der Waals surface area (Å²) in [5.41, 5.74) is 6.76. The summed E-state index contributed by atoms with van der Waals surface area (Å²) in [4.78, 5) is 11.8. The smallest absolute Gasteiger partial charge is 0.236 e. The van der Waals surface area contributed by atoms with Crippen LogP contribution in [0, 0.1) is 0 Å². The maximum absolute atomic E-state index is 11.8. The van der Waals surface area contributed by atoms with Gasteiger partial charge >= 0.3 is 0 Å². The van der Waals surface area contributed by atoms with Crippen molar-refractivity contribution in [2.75, 3.05) is 26.4 Å². The Labute approximate surface area is 132 Å². The van der Waals surface area contributed by atoms with Gasteiger partial charge in [-0.2, -0.15) is 0 Å². The second-order valence-corrected chi connectivity index (χ2v) is 5.86. The lowest BCUT2D eigenvalue weighted by molar-refractivity contribution is -0.122. The van der Waals surface area contributed by atoms with Gasteiger partial charge in [0.15, 0.2) is 0 Å². The lowest BCUT2D eigenvalue weighted by Gasteiger charge is -2.38. The fourth-order valence-corrected chi connectivity index (χ4v) is 2.82. The van der Waals surface area contributed by atoms with Gasteiger partial charge in [0.25, 0.3) is 0 Å². The Balaban J connectivity index is 2.15. The molecule has 0 aromatic heterocycles. The van der Waals surface area contributed by atoms with Gasteiger partial charge in [0.05, 0.1) is 12.6 Å². The van der Waals surface area contributed by atoms with Crippen LogP contribution < -0.4 is 15.8 Å². The molecule has 122 valence electrons. The first-order valence-electron chi connectivity index (χ1n) is 7.92. The number of amides is 1. The van der Waals surface area contributed by atoms with Gasteiger partial charge in [-0.3, -0.25) is 4.79 Å². The van der Waals surface area contributed by atoms with Gasteiger partial charge in [0.1, 0.15) is 5.75 Å². The van der Waals surface area contributed by atoms with Gasteiger partial charge in [0.2, 0.25) is 5.91 Å². The molecule has 1 amide bonds. The number of nitrogens with one attached hydrogen (secondary N) is 1. The van der Waals surface area contributed by atoms with Crippen molar-refractivity contribution in [2.24, 2.45) is 5.73 Å². The highest BCUT2D eigenvalue weighted by Crippen LogP contribution is 2.35. The number of benzene rings is 1. The third-order valence-electron chi connectivity index (χ3n) is 4.24. The highest BCUT2D eigenvalue weighted by atomic mass is 16.5. The number of ether oxygens (including phenoxy) is 2. The second-order valence-electron chi connectivity index (χ2n) is 5.86. The zero-order chi connectivity index (χ0) is 16.0. The fourth-order valence-electron chi connectivity index (χ4n) is 2.82. The van der Waals surface area contributed by atoms with Crippen molar-refractivity contribution in [3.05, 3.63) is 29.8 Å². The maximum atomic E-state index is 11.8. The van der Waals surface area contributed by atoms with E-state index in [0.29, 0.717) is 26.4 Å². The number of hydrogen-bond acceptors (Lipinski definition) is 4. The van der Waals surface area contributed by atoms with Crippen LogP contribution in [0.1, 0.15) is 32.3 Å². The van der Waals surface area contributed by atoms with Gasteiger partial charge in [-0.1, -0.05) is 12.1 Å². The number of carbonyl (C=O) groups is 1. The molecule has 0 saturated carbocycles. The average molecular weight is 306 g/mol. The molecule has 22 heavy (non-hydrogen) atoms. The molecule has 1 aliphatic rings. The summed E-state index contributed by atoms with van der Waals surface area (Å²) in [5.74, 6) is 0.755. The quantitative estimate of drug-likeness (QED) is 0.837. The molecule has 5 nitrogen and oxygen atoms in total. The first-order chi connectivity index (χ1) is 10.6. The van der Waals surface area contributed by atoms with Crippen molar-refractivity contribution < 1.29 is 14.3 Å². The van der Waals surface area contributed by atoms with Crippen LogP contribution in [0.5, 0.6) is 5.75 Å². The molecule has 0 spiro atoms. The minimum Gasteiger partial charge on any atom is -0.494 e. The topological polar surface area (TPSA) is 73.6 Å². The molecule has 1 aromatic carbocycles. The second kappa shape index (κ2) is 7.61. The SMILES string of the molecule is CCOc1ccc(C2(CNC(=O)[C@@H](C)N)CCOCC2)cc1. The zero-order valence-corrected chi connectivity index (χ0v) is 13.4. The molecule has 1 heterocycles. The molecule has 0 unspecified atom stereocenters. The fraction of sp³-hybridized carbons (Fsp3) is 0.588. The van der Waals surface area contributed by atoms with Gasteiger partial charge < -0.3 is 20.5 Å². The van der Waals surface area contributed by atoms with E-state index in [0.717, 1.165) is 18.6 Å². The Morgan fingerprint density at radius 2 is 2.00 bits per heavy atom. The minimum absolute atomic E-state index is 0.0897. The summed E-state index contributed by atoms with van der Waals surface area (Å²) in [6.45, 7) is 6.33. The van der Waals surface area contributed by atoms with E-state index >= 15 is 0 Å². The predicted octanol–water partition coefficient (Wildman–Crippen LogP) is 1.60. The van der Waals surface area contributed by atoms with E-state index in [1.54, 1.807) is 6.92 Å². The first-order valence-corrected chi connectivity index (χ1v) is 7.92. The normalized spacial score (nSPS) is 18.5. The van der Waals surface area contributed by atoms with Crippen molar-refractivity contribution in [1.29, 1.82) is 0 Å². The molecular formula is C17H26N2O3. The van der Waals surface area contributed by atoms with Gasteiger partial charge in [-0.15, -0.1) is 0 Å². The Hall–Kier alpha value is -1.59. The highest BCUT2D eigenvalue weighted by molar-refractivity contribution is 5.81.